The van der Waals surface area contributed by atoms with Crippen molar-refractivity contribution in [1.29, 1.82) is 0 Å². The van der Waals surface area contributed by atoms with Gasteiger partial charge in [-0.2, -0.15) is 5.10 Å². The van der Waals surface area contributed by atoms with Crippen LogP contribution in [0.4, 0.5) is 0 Å². The summed E-state index contributed by atoms with van der Waals surface area (Å²) in [5, 5.41) is 7.45. The number of para-hydroxylation sites is 1. The summed E-state index contributed by atoms with van der Waals surface area (Å²) in [5.41, 5.74) is 4.73. The van der Waals surface area contributed by atoms with E-state index in [2.05, 4.69) is 67.4 Å². The number of ether oxygens (including phenoxy) is 1. The lowest BCUT2D eigenvalue weighted by Gasteiger charge is -2.50. The Labute approximate surface area is 155 Å². The topological polar surface area (TPSA) is 24.8 Å². The molecule has 0 unspecified atom stereocenters. The molecule has 3 heteroatoms. The van der Waals surface area contributed by atoms with Crippen LogP contribution in [0.3, 0.4) is 0 Å². The van der Waals surface area contributed by atoms with Crippen LogP contribution >= 0.6 is 0 Å². The normalized spacial score (nSPS) is 29.8. The molecule has 3 aliphatic rings. The Hall–Kier alpha value is -2.29. The maximum atomic E-state index is 6.64. The number of hydrogen-bond donors (Lipinski definition) is 0. The molecule has 2 aliphatic heterocycles. The van der Waals surface area contributed by atoms with Crippen LogP contribution in [0.5, 0.6) is 5.75 Å². The zero-order valence-corrected chi connectivity index (χ0v) is 15.6. The summed E-state index contributed by atoms with van der Waals surface area (Å²) in [4.78, 5) is 0. The number of aryl methyl sites for hydroxylation is 1. The van der Waals surface area contributed by atoms with Gasteiger partial charge in [0.2, 0.25) is 0 Å². The number of hydrogen-bond acceptors (Lipinski definition) is 3. The molecular formula is C23H26N2O. The molecule has 134 valence electrons. The molecule has 1 saturated carbocycles. The lowest BCUT2D eigenvalue weighted by Crippen LogP contribution is -2.55. The van der Waals surface area contributed by atoms with Crippen molar-refractivity contribution in [3.8, 4) is 5.75 Å². The fraction of sp³-hybridized carbons (Fsp3) is 0.435. The molecule has 0 amide bonds. The van der Waals surface area contributed by atoms with E-state index >= 15 is 0 Å². The minimum atomic E-state index is -0.266. The summed E-state index contributed by atoms with van der Waals surface area (Å²) in [5.74, 6) is 1.84. The Morgan fingerprint density at radius 2 is 1.77 bits per heavy atom. The van der Waals surface area contributed by atoms with Crippen LogP contribution in [-0.2, 0) is 0 Å². The number of hydrazone groups is 1. The van der Waals surface area contributed by atoms with E-state index in [1.807, 2.05) is 0 Å². The van der Waals surface area contributed by atoms with E-state index in [-0.39, 0.29) is 5.72 Å². The molecule has 0 radical (unpaired) electrons. The molecule has 2 aromatic carbocycles. The molecule has 2 heterocycles. The van der Waals surface area contributed by atoms with Crippen LogP contribution in [0.15, 0.2) is 53.6 Å². The lowest BCUT2D eigenvalue weighted by atomic mass is 9.82. The fourth-order valence-electron chi connectivity index (χ4n) is 4.69. The first-order chi connectivity index (χ1) is 12.6. The summed E-state index contributed by atoms with van der Waals surface area (Å²) in [6, 6.07) is 17.6. The highest BCUT2D eigenvalue weighted by atomic mass is 16.5. The standard InChI is InChI=1S/C23H26N2O/c1-16-7-9-18(10-8-16)20-15-21-19-5-3-4-6-22(19)26-23(25(21)24-20)13-11-17(2)12-14-23/h3-10,17,21H,11-15H2,1-2H3/t17?,21-,23?/m0/s1. The van der Waals surface area contributed by atoms with Crippen LogP contribution < -0.4 is 4.74 Å². The van der Waals surface area contributed by atoms with E-state index in [1.165, 1.54) is 35.2 Å². The second-order valence-electron chi connectivity index (χ2n) is 8.25. The molecule has 0 aromatic heterocycles. The van der Waals surface area contributed by atoms with Crippen molar-refractivity contribution in [2.75, 3.05) is 0 Å². The van der Waals surface area contributed by atoms with E-state index in [0.717, 1.165) is 30.9 Å². The van der Waals surface area contributed by atoms with Crippen molar-refractivity contribution < 1.29 is 4.74 Å². The van der Waals surface area contributed by atoms with Gasteiger partial charge in [-0.3, -0.25) is 0 Å². The number of nitrogens with zero attached hydrogens (tertiary/aromatic N) is 2. The van der Waals surface area contributed by atoms with Crippen LogP contribution in [0.2, 0.25) is 0 Å². The van der Waals surface area contributed by atoms with Crippen molar-refractivity contribution in [2.24, 2.45) is 11.0 Å². The molecule has 3 nitrogen and oxygen atoms in total. The van der Waals surface area contributed by atoms with Gasteiger partial charge >= 0.3 is 0 Å². The van der Waals surface area contributed by atoms with E-state index in [9.17, 15) is 0 Å². The average Bonchev–Trinajstić information content (AvgIpc) is 3.12. The van der Waals surface area contributed by atoms with Gasteiger partial charge in [0.15, 0.2) is 5.72 Å². The number of rotatable bonds is 1. The van der Waals surface area contributed by atoms with Gasteiger partial charge in [0.25, 0.3) is 0 Å². The predicted octanol–water partition coefficient (Wildman–Crippen LogP) is 5.44. The highest BCUT2D eigenvalue weighted by Crippen LogP contribution is 2.51. The third-order valence-electron chi connectivity index (χ3n) is 6.35. The first-order valence-corrected chi connectivity index (χ1v) is 9.86. The van der Waals surface area contributed by atoms with E-state index in [4.69, 9.17) is 9.84 Å². The number of fused-ring (bicyclic) bond motifs is 4. The fourth-order valence-corrected chi connectivity index (χ4v) is 4.69. The minimum Gasteiger partial charge on any atom is -0.466 e. The smallest absolute Gasteiger partial charge is 0.198 e. The van der Waals surface area contributed by atoms with Gasteiger partial charge in [0, 0.05) is 24.8 Å². The quantitative estimate of drug-likeness (QED) is 0.686. The predicted molar refractivity (Wildman–Crippen MR) is 104 cm³/mol. The SMILES string of the molecule is Cc1ccc(C2=NN3[C@@H](C2)c2ccccc2OC32CCC(C)CC2)cc1. The molecule has 1 atom stereocenters. The summed E-state index contributed by atoms with van der Waals surface area (Å²) in [6.45, 7) is 4.48. The van der Waals surface area contributed by atoms with Crippen molar-refractivity contribution in [1.82, 2.24) is 5.01 Å². The summed E-state index contributed by atoms with van der Waals surface area (Å²) in [6.07, 6.45) is 5.50. The summed E-state index contributed by atoms with van der Waals surface area (Å²) >= 11 is 0. The Morgan fingerprint density at radius 3 is 2.54 bits per heavy atom. The first kappa shape index (κ1) is 15.9. The molecular weight excluding hydrogens is 320 g/mol. The average molecular weight is 346 g/mol. The van der Waals surface area contributed by atoms with Gasteiger partial charge in [0.1, 0.15) is 5.75 Å². The Bertz CT molecular complexity index is 847. The van der Waals surface area contributed by atoms with Gasteiger partial charge in [-0.15, -0.1) is 0 Å². The molecule has 1 spiro atoms. The second kappa shape index (κ2) is 5.87. The molecule has 0 saturated heterocycles. The molecule has 1 fully saturated rings. The van der Waals surface area contributed by atoms with Crippen LogP contribution in [0, 0.1) is 12.8 Å². The largest absolute Gasteiger partial charge is 0.466 e. The van der Waals surface area contributed by atoms with Gasteiger partial charge in [-0.1, -0.05) is 55.0 Å². The van der Waals surface area contributed by atoms with Crippen LogP contribution in [-0.4, -0.2) is 16.4 Å². The maximum Gasteiger partial charge on any atom is 0.198 e. The van der Waals surface area contributed by atoms with Gasteiger partial charge in [-0.05, 0) is 37.3 Å². The summed E-state index contributed by atoms with van der Waals surface area (Å²) < 4.78 is 6.64. The van der Waals surface area contributed by atoms with Crippen LogP contribution in [0.25, 0.3) is 0 Å². The third kappa shape index (κ3) is 2.45. The van der Waals surface area contributed by atoms with Crippen molar-refractivity contribution in [3.63, 3.8) is 0 Å². The molecule has 0 N–H and O–H groups in total. The monoisotopic (exact) mass is 346 g/mol. The third-order valence-corrected chi connectivity index (χ3v) is 6.35. The first-order valence-electron chi connectivity index (χ1n) is 9.86. The Morgan fingerprint density at radius 1 is 1.04 bits per heavy atom. The molecule has 26 heavy (non-hydrogen) atoms. The zero-order chi connectivity index (χ0) is 17.7. The molecule has 5 rings (SSSR count). The highest BCUT2D eigenvalue weighted by molar-refractivity contribution is 6.02. The maximum absolute atomic E-state index is 6.64. The van der Waals surface area contributed by atoms with Crippen molar-refractivity contribution in [3.05, 3.63) is 65.2 Å². The Balaban J connectivity index is 1.57. The van der Waals surface area contributed by atoms with Crippen LogP contribution in [0.1, 0.15) is 61.8 Å². The molecule has 1 aliphatic carbocycles. The highest BCUT2D eigenvalue weighted by Gasteiger charge is 2.51. The van der Waals surface area contributed by atoms with Gasteiger partial charge < -0.3 is 4.74 Å². The molecule has 0 bridgehead atoms. The minimum absolute atomic E-state index is 0.266. The van der Waals surface area contributed by atoms with E-state index in [1.54, 1.807) is 0 Å². The van der Waals surface area contributed by atoms with E-state index < -0.39 is 0 Å². The van der Waals surface area contributed by atoms with Gasteiger partial charge in [-0.25, -0.2) is 5.01 Å². The van der Waals surface area contributed by atoms with Crippen molar-refractivity contribution in [2.45, 2.75) is 57.7 Å². The number of benzene rings is 2. The van der Waals surface area contributed by atoms with Gasteiger partial charge in [0.05, 0.1) is 11.8 Å². The Kier molecular flexibility index (Phi) is 3.59. The molecule has 2 aromatic rings. The lowest BCUT2D eigenvalue weighted by molar-refractivity contribution is -0.145. The van der Waals surface area contributed by atoms with Crippen molar-refractivity contribution >= 4 is 5.71 Å². The second-order valence-corrected chi connectivity index (χ2v) is 8.25. The zero-order valence-electron chi connectivity index (χ0n) is 15.6. The summed E-state index contributed by atoms with van der Waals surface area (Å²) in [7, 11) is 0. The van der Waals surface area contributed by atoms with E-state index in [0.29, 0.717) is 6.04 Å².